The van der Waals surface area contributed by atoms with Crippen LogP contribution < -0.4 is 20.4 Å². The molecule has 0 aliphatic carbocycles. The van der Waals surface area contributed by atoms with Crippen molar-refractivity contribution in [2.45, 2.75) is 6.92 Å². The first kappa shape index (κ1) is 26.9. The molecule has 2 aromatic carbocycles. The molecular formula is C22H24Br2ClN7O3. The molecule has 4 rings (SSSR count). The zero-order valence-electron chi connectivity index (χ0n) is 19.0. The molecule has 1 saturated heterocycles. The summed E-state index contributed by atoms with van der Waals surface area (Å²) in [7, 11) is 1.49. The van der Waals surface area contributed by atoms with E-state index < -0.39 is 0 Å². The minimum atomic E-state index is -0.0209. The Labute approximate surface area is 225 Å². The number of benzene rings is 2. The Bertz CT molecular complexity index is 1210. The lowest BCUT2D eigenvalue weighted by molar-refractivity contribution is 0.122. The second-order valence-electron chi connectivity index (χ2n) is 7.41. The van der Waals surface area contributed by atoms with E-state index in [4.69, 9.17) is 9.47 Å². The molecule has 3 N–H and O–H groups in total. The summed E-state index contributed by atoms with van der Waals surface area (Å²) in [6.07, 6.45) is 1.46. The van der Waals surface area contributed by atoms with Gasteiger partial charge in [-0.1, -0.05) is 22.0 Å². The first-order valence-electron chi connectivity index (χ1n) is 10.4. The molecule has 13 heteroatoms. The first-order valence-corrected chi connectivity index (χ1v) is 12.0. The standard InChI is InChI=1S/C22H23Br2N7O3.ClH/c1-13-3-4-17(16(24)9-13)26-20-27-21(29-22(28-20)31-5-7-34-8-6-31)30-25-12-14-10-15(23)11-18(33-2)19(14)32;/h3-4,9-12,32H,5-8H2,1-2H3,(H2,26,27,28,29,30);1H/b25-12+;. The summed E-state index contributed by atoms with van der Waals surface area (Å²) in [6.45, 7) is 4.57. The average molecular weight is 630 g/mol. The van der Waals surface area contributed by atoms with Crippen LogP contribution in [-0.4, -0.2) is 59.7 Å². The van der Waals surface area contributed by atoms with Gasteiger partial charge >= 0.3 is 0 Å². The van der Waals surface area contributed by atoms with Crippen LogP contribution in [0, 0.1) is 6.92 Å². The van der Waals surface area contributed by atoms with Crippen LogP contribution in [0.25, 0.3) is 0 Å². The van der Waals surface area contributed by atoms with Gasteiger partial charge in [-0.05, 0) is 52.7 Å². The van der Waals surface area contributed by atoms with E-state index in [0.29, 0.717) is 49.5 Å². The molecule has 0 radical (unpaired) electrons. The summed E-state index contributed by atoms with van der Waals surface area (Å²) >= 11 is 6.97. The summed E-state index contributed by atoms with van der Waals surface area (Å²) in [6, 6.07) is 9.35. The summed E-state index contributed by atoms with van der Waals surface area (Å²) in [5, 5.41) is 17.8. The number of rotatable bonds is 7. The van der Waals surface area contributed by atoms with E-state index in [1.54, 1.807) is 12.1 Å². The lowest BCUT2D eigenvalue weighted by Crippen LogP contribution is -2.37. The van der Waals surface area contributed by atoms with Crippen LogP contribution in [0.3, 0.4) is 0 Å². The van der Waals surface area contributed by atoms with Gasteiger partial charge < -0.3 is 24.8 Å². The number of halogens is 3. The molecule has 0 atom stereocenters. The highest BCUT2D eigenvalue weighted by molar-refractivity contribution is 9.10. The van der Waals surface area contributed by atoms with Crippen molar-refractivity contribution in [2.75, 3.05) is 49.1 Å². The second kappa shape index (κ2) is 12.3. The lowest BCUT2D eigenvalue weighted by Gasteiger charge is -2.27. The minimum absolute atomic E-state index is 0. The van der Waals surface area contributed by atoms with E-state index in [1.807, 2.05) is 30.0 Å². The van der Waals surface area contributed by atoms with Crippen molar-refractivity contribution in [1.29, 1.82) is 0 Å². The molecule has 1 fully saturated rings. The SMILES string of the molecule is COc1cc(Br)cc(/C=N/Nc2nc(Nc3ccc(C)cc3Br)nc(N3CCOCC3)n2)c1O.Cl. The number of aryl methyl sites for hydroxylation is 1. The van der Waals surface area contributed by atoms with E-state index in [9.17, 15) is 5.11 Å². The van der Waals surface area contributed by atoms with Crippen molar-refractivity contribution in [3.05, 3.63) is 50.4 Å². The molecule has 10 nitrogen and oxygen atoms in total. The highest BCUT2D eigenvalue weighted by atomic mass is 79.9. The lowest BCUT2D eigenvalue weighted by atomic mass is 10.2. The van der Waals surface area contributed by atoms with Crippen molar-refractivity contribution >= 4 is 74.0 Å². The molecule has 0 bridgehead atoms. The monoisotopic (exact) mass is 627 g/mol. The largest absolute Gasteiger partial charge is 0.504 e. The fourth-order valence-corrected chi connectivity index (χ4v) is 4.27. The Balaban J connectivity index is 0.00000342. The minimum Gasteiger partial charge on any atom is -0.504 e. The van der Waals surface area contributed by atoms with Gasteiger partial charge in [0.2, 0.25) is 17.8 Å². The van der Waals surface area contributed by atoms with Gasteiger partial charge in [0.15, 0.2) is 11.5 Å². The number of hydrogen-bond donors (Lipinski definition) is 3. The Morgan fingerprint density at radius 3 is 2.57 bits per heavy atom. The first-order chi connectivity index (χ1) is 16.4. The number of nitrogens with zero attached hydrogens (tertiary/aromatic N) is 5. The molecule has 1 aliphatic rings. The van der Waals surface area contributed by atoms with Gasteiger partial charge in [-0.2, -0.15) is 20.1 Å². The maximum absolute atomic E-state index is 10.3. The van der Waals surface area contributed by atoms with E-state index in [2.05, 4.69) is 62.7 Å². The molecule has 0 spiro atoms. The van der Waals surface area contributed by atoms with Crippen LogP contribution in [0.15, 0.2) is 44.4 Å². The fraction of sp³-hybridized carbons (Fsp3) is 0.273. The van der Waals surface area contributed by atoms with Gasteiger partial charge in [0.1, 0.15) is 0 Å². The summed E-state index contributed by atoms with van der Waals surface area (Å²) in [5.41, 5.74) is 5.25. The van der Waals surface area contributed by atoms with Gasteiger partial charge in [0.25, 0.3) is 0 Å². The number of morpholine rings is 1. The third-order valence-electron chi connectivity index (χ3n) is 4.95. The highest BCUT2D eigenvalue weighted by Crippen LogP contribution is 2.32. The number of methoxy groups -OCH3 is 1. The van der Waals surface area contributed by atoms with E-state index in [0.717, 1.165) is 20.2 Å². The van der Waals surface area contributed by atoms with Crippen LogP contribution >= 0.6 is 44.3 Å². The van der Waals surface area contributed by atoms with Gasteiger partial charge in [-0.3, -0.25) is 0 Å². The van der Waals surface area contributed by atoms with E-state index >= 15 is 0 Å². The number of aromatic nitrogens is 3. The normalized spacial score (nSPS) is 13.4. The zero-order valence-corrected chi connectivity index (χ0v) is 22.9. The van der Waals surface area contributed by atoms with Crippen LogP contribution in [0.5, 0.6) is 11.5 Å². The molecule has 2 heterocycles. The Morgan fingerprint density at radius 1 is 1.11 bits per heavy atom. The molecule has 1 aromatic heterocycles. The van der Waals surface area contributed by atoms with Crippen molar-refractivity contribution in [1.82, 2.24) is 15.0 Å². The van der Waals surface area contributed by atoms with Crippen LogP contribution in [0.4, 0.5) is 23.5 Å². The molecule has 0 saturated carbocycles. The Morgan fingerprint density at radius 2 is 1.86 bits per heavy atom. The number of phenolic OH excluding ortho intramolecular Hbond substituents is 1. The van der Waals surface area contributed by atoms with Crippen molar-refractivity contribution in [3.63, 3.8) is 0 Å². The Hall–Kier alpha value is -2.67. The number of aromatic hydroxyl groups is 1. The summed E-state index contributed by atoms with van der Waals surface area (Å²) in [5.74, 6) is 1.44. The predicted molar refractivity (Wildman–Crippen MR) is 146 cm³/mol. The molecule has 1 aliphatic heterocycles. The van der Waals surface area contributed by atoms with Gasteiger partial charge in [0, 0.05) is 27.6 Å². The average Bonchev–Trinajstić information content (AvgIpc) is 2.83. The summed E-state index contributed by atoms with van der Waals surface area (Å²) in [4.78, 5) is 15.6. The number of phenols is 1. The number of hydrogen-bond acceptors (Lipinski definition) is 10. The number of ether oxygens (including phenoxy) is 2. The predicted octanol–water partition coefficient (Wildman–Crippen LogP) is 4.87. The highest BCUT2D eigenvalue weighted by Gasteiger charge is 2.17. The van der Waals surface area contributed by atoms with Gasteiger partial charge in [0.05, 0.1) is 32.2 Å². The zero-order chi connectivity index (χ0) is 24.1. The molecule has 186 valence electrons. The number of anilines is 4. The maximum Gasteiger partial charge on any atom is 0.250 e. The molecule has 3 aromatic rings. The summed E-state index contributed by atoms with van der Waals surface area (Å²) < 4.78 is 12.3. The van der Waals surface area contributed by atoms with E-state index in [-0.39, 0.29) is 24.1 Å². The van der Waals surface area contributed by atoms with Gasteiger partial charge in [-0.25, -0.2) is 5.43 Å². The quantitative estimate of drug-likeness (QED) is 0.249. The van der Waals surface area contributed by atoms with Crippen molar-refractivity contribution < 1.29 is 14.6 Å². The molecule has 0 amide bonds. The smallest absolute Gasteiger partial charge is 0.250 e. The molecule has 0 unspecified atom stereocenters. The second-order valence-corrected chi connectivity index (χ2v) is 9.18. The topological polar surface area (TPSA) is 117 Å². The van der Waals surface area contributed by atoms with Gasteiger partial charge in [-0.15, -0.1) is 12.4 Å². The number of nitrogens with one attached hydrogen (secondary N) is 2. The fourth-order valence-electron chi connectivity index (χ4n) is 3.23. The molecular weight excluding hydrogens is 606 g/mol. The van der Waals surface area contributed by atoms with Crippen molar-refractivity contribution in [3.8, 4) is 11.5 Å². The van der Waals surface area contributed by atoms with Crippen LogP contribution in [0.2, 0.25) is 0 Å². The Kier molecular flexibility index (Phi) is 9.49. The molecule has 35 heavy (non-hydrogen) atoms. The van der Waals surface area contributed by atoms with E-state index in [1.165, 1.54) is 13.3 Å². The third kappa shape index (κ3) is 6.94. The van der Waals surface area contributed by atoms with Crippen LogP contribution in [0.1, 0.15) is 11.1 Å². The number of hydrazone groups is 1. The maximum atomic E-state index is 10.3. The van der Waals surface area contributed by atoms with Crippen molar-refractivity contribution in [2.24, 2.45) is 5.10 Å². The van der Waals surface area contributed by atoms with Crippen LogP contribution in [-0.2, 0) is 4.74 Å². The third-order valence-corrected chi connectivity index (χ3v) is 6.06.